The average molecular weight is 789 g/mol. The number of amides is 2. The molecule has 10 heteroatoms. The maximum atomic E-state index is 13.7. The molecule has 0 saturated carbocycles. The number of rotatable bonds is 7. The summed E-state index contributed by atoms with van der Waals surface area (Å²) in [7, 11) is 1.52. The van der Waals surface area contributed by atoms with Crippen LogP contribution < -0.4 is 0 Å². The van der Waals surface area contributed by atoms with Crippen LogP contribution in [0.2, 0.25) is 0 Å². The molecule has 10 aromatic rings. The smallest absolute Gasteiger partial charge is 0.263 e. The molecule has 4 heterocycles. The molecule has 0 fully saturated rings. The van der Waals surface area contributed by atoms with E-state index in [1.165, 1.54) is 11.9 Å². The lowest BCUT2D eigenvalue weighted by molar-refractivity contribution is 0.0693. The molecule has 0 atom stereocenters. The monoisotopic (exact) mass is 788 g/mol. The van der Waals surface area contributed by atoms with E-state index in [-0.39, 0.29) is 11.8 Å². The topological polar surface area (TPSA) is 120 Å². The van der Waals surface area contributed by atoms with Gasteiger partial charge in [-0.3, -0.25) is 14.5 Å². The molecule has 288 valence electrons. The molecule has 0 N–H and O–H groups in total. The number of aromatic nitrogens is 7. The predicted molar refractivity (Wildman–Crippen MR) is 237 cm³/mol. The van der Waals surface area contributed by atoms with Gasteiger partial charge < -0.3 is 4.57 Å². The minimum atomic E-state index is -0.349. The molecule has 0 spiro atoms. The van der Waals surface area contributed by atoms with Crippen LogP contribution in [-0.4, -0.2) is 58.2 Å². The first kappa shape index (κ1) is 35.6. The molecule has 0 saturated heterocycles. The van der Waals surface area contributed by atoms with Crippen molar-refractivity contribution < 1.29 is 9.59 Å². The van der Waals surface area contributed by atoms with Gasteiger partial charge in [-0.25, -0.2) is 29.9 Å². The van der Waals surface area contributed by atoms with Gasteiger partial charge in [0.2, 0.25) is 0 Å². The van der Waals surface area contributed by atoms with Crippen molar-refractivity contribution in [1.29, 1.82) is 0 Å². The lowest BCUT2D eigenvalue weighted by Crippen LogP contribution is -2.24. The van der Waals surface area contributed by atoms with Crippen molar-refractivity contribution in [2.75, 3.05) is 7.05 Å². The van der Waals surface area contributed by atoms with Crippen LogP contribution in [-0.2, 0) is 0 Å². The molecular weight excluding hydrogens is 757 g/mol. The molecule has 0 radical (unpaired) electrons. The first-order valence-corrected chi connectivity index (χ1v) is 19.8. The fourth-order valence-corrected chi connectivity index (χ4v) is 8.01. The minimum Gasteiger partial charge on any atom is -0.308 e. The zero-order chi connectivity index (χ0) is 41.0. The van der Waals surface area contributed by atoms with Crippen molar-refractivity contribution >= 4 is 33.6 Å². The molecule has 3 aromatic heterocycles. The molecule has 10 nitrogen and oxygen atoms in total. The normalized spacial score (nSPS) is 12.4. The Morgan fingerprint density at radius 1 is 0.361 bits per heavy atom. The second-order valence-electron chi connectivity index (χ2n) is 14.7. The third kappa shape index (κ3) is 6.13. The fourth-order valence-electron chi connectivity index (χ4n) is 8.01. The van der Waals surface area contributed by atoms with Crippen molar-refractivity contribution in [1.82, 2.24) is 39.4 Å². The Bertz CT molecular complexity index is 3060. The van der Waals surface area contributed by atoms with E-state index in [1.54, 1.807) is 6.07 Å². The fraction of sp³-hybridized carbons (Fsp3) is 0.0196. The van der Waals surface area contributed by atoms with Crippen LogP contribution in [0.5, 0.6) is 0 Å². The Balaban J connectivity index is 1.16. The van der Waals surface area contributed by atoms with Gasteiger partial charge in [0.1, 0.15) is 0 Å². The average Bonchev–Trinajstić information content (AvgIpc) is 3.77. The van der Waals surface area contributed by atoms with Crippen molar-refractivity contribution in [3.8, 4) is 74.0 Å². The summed E-state index contributed by atoms with van der Waals surface area (Å²) in [6, 6.07) is 57.1. The lowest BCUT2D eigenvalue weighted by atomic mass is 10.1. The number of fused-ring (bicyclic) bond motifs is 4. The summed E-state index contributed by atoms with van der Waals surface area (Å²) in [5.74, 6) is 2.56. The quantitative estimate of drug-likeness (QED) is 0.146. The summed E-state index contributed by atoms with van der Waals surface area (Å²) in [6.45, 7) is 0. The van der Waals surface area contributed by atoms with E-state index in [0.717, 1.165) is 55.2 Å². The Morgan fingerprint density at radius 2 is 0.721 bits per heavy atom. The molecule has 2 amide bonds. The van der Waals surface area contributed by atoms with Gasteiger partial charge in [-0.15, -0.1) is 0 Å². The summed E-state index contributed by atoms with van der Waals surface area (Å²) >= 11 is 0. The SMILES string of the molecule is CN1C(=O)c2cccc(-n3c4ccc(-c5nc(-c6ccccc6)nc(-c6ccccc6)n5)cc4c4cc(-c5nc(-c6ccccc6)nc(-c6ccccc6)n5)ccc43)c2C1=O. The Hall–Kier alpha value is -8.50. The molecule has 1 aliphatic heterocycles. The van der Waals surface area contributed by atoms with E-state index in [4.69, 9.17) is 29.9 Å². The number of nitrogens with zero attached hydrogens (tertiary/aromatic N) is 8. The number of imide groups is 1. The van der Waals surface area contributed by atoms with Gasteiger partial charge >= 0.3 is 0 Å². The number of carbonyl (C=O) groups excluding carboxylic acids is 2. The number of carbonyl (C=O) groups is 2. The van der Waals surface area contributed by atoms with E-state index in [0.29, 0.717) is 51.8 Å². The lowest BCUT2D eigenvalue weighted by Gasteiger charge is -2.12. The van der Waals surface area contributed by atoms with Crippen LogP contribution in [0.4, 0.5) is 0 Å². The Morgan fingerprint density at radius 3 is 1.10 bits per heavy atom. The molecule has 0 unspecified atom stereocenters. The first-order chi connectivity index (χ1) is 30.0. The summed E-state index contributed by atoms with van der Waals surface area (Å²) in [4.78, 5) is 58.0. The van der Waals surface area contributed by atoms with Crippen LogP contribution in [0.25, 0.3) is 95.8 Å². The van der Waals surface area contributed by atoms with Crippen LogP contribution in [0.1, 0.15) is 20.7 Å². The minimum absolute atomic E-state index is 0.330. The van der Waals surface area contributed by atoms with Crippen LogP contribution in [0.15, 0.2) is 176 Å². The largest absolute Gasteiger partial charge is 0.308 e. The van der Waals surface area contributed by atoms with Crippen molar-refractivity contribution in [2.45, 2.75) is 0 Å². The summed E-state index contributed by atoms with van der Waals surface area (Å²) in [6.07, 6.45) is 0. The van der Waals surface area contributed by atoms with E-state index >= 15 is 0 Å². The van der Waals surface area contributed by atoms with Crippen molar-refractivity contribution in [2.24, 2.45) is 0 Å². The molecular formula is C51H32N8O2. The molecule has 11 rings (SSSR count). The van der Waals surface area contributed by atoms with Gasteiger partial charge in [0.25, 0.3) is 11.8 Å². The maximum Gasteiger partial charge on any atom is 0.263 e. The summed E-state index contributed by atoms with van der Waals surface area (Å²) in [5.41, 5.74) is 8.01. The van der Waals surface area contributed by atoms with Crippen molar-refractivity contribution in [3.63, 3.8) is 0 Å². The number of hydrogen-bond donors (Lipinski definition) is 0. The molecule has 1 aliphatic rings. The predicted octanol–water partition coefficient (Wildman–Crippen LogP) is 10.4. The van der Waals surface area contributed by atoms with E-state index in [1.807, 2.05) is 158 Å². The second-order valence-corrected chi connectivity index (χ2v) is 14.7. The Labute approximate surface area is 349 Å². The van der Waals surface area contributed by atoms with Gasteiger partial charge in [-0.2, -0.15) is 0 Å². The highest BCUT2D eigenvalue weighted by Gasteiger charge is 2.36. The number of benzene rings is 7. The van der Waals surface area contributed by atoms with Gasteiger partial charge in [0, 0.05) is 51.2 Å². The first-order valence-electron chi connectivity index (χ1n) is 19.8. The zero-order valence-corrected chi connectivity index (χ0v) is 32.6. The van der Waals surface area contributed by atoms with E-state index in [9.17, 15) is 9.59 Å². The van der Waals surface area contributed by atoms with Gasteiger partial charge in [-0.05, 0) is 48.5 Å². The summed E-state index contributed by atoms with van der Waals surface area (Å²) in [5, 5.41) is 1.75. The maximum absolute atomic E-state index is 13.7. The van der Waals surface area contributed by atoms with E-state index < -0.39 is 0 Å². The zero-order valence-electron chi connectivity index (χ0n) is 32.6. The highest BCUT2D eigenvalue weighted by Crippen LogP contribution is 2.39. The van der Waals surface area contributed by atoms with E-state index in [2.05, 4.69) is 16.7 Å². The molecule has 0 aliphatic carbocycles. The molecule has 0 bridgehead atoms. The third-order valence-electron chi connectivity index (χ3n) is 11.0. The van der Waals surface area contributed by atoms with Crippen LogP contribution >= 0.6 is 0 Å². The van der Waals surface area contributed by atoms with Gasteiger partial charge in [0.15, 0.2) is 34.9 Å². The highest BCUT2D eigenvalue weighted by atomic mass is 16.2. The van der Waals surface area contributed by atoms with Crippen molar-refractivity contribution in [3.05, 3.63) is 187 Å². The van der Waals surface area contributed by atoms with Crippen LogP contribution in [0.3, 0.4) is 0 Å². The highest BCUT2D eigenvalue weighted by molar-refractivity contribution is 6.23. The standard InChI is InChI=1S/C51H32N8O2/c1-58-50(60)37-23-14-24-42(43(37)51(58)61)59-40-27-25-35(48-54-44(31-15-6-2-7-16-31)52-45(55-48)32-17-8-3-9-18-32)29-38(40)39-30-36(26-28-41(39)59)49-56-46(33-19-10-4-11-20-33)53-47(57-49)34-21-12-5-13-22-34/h2-30H,1H3. The Kier molecular flexibility index (Phi) is 8.42. The second kappa shape index (κ2) is 14.4. The number of hydrogen-bond acceptors (Lipinski definition) is 8. The van der Waals surface area contributed by atoms with Gasteiger partial charge in [-0.1, -0.05) is 127 Å². The summed E-state index contributed by atoms with van der Waals surface area (Å²) < 4.78 is 2.05. The van der Waals surface area contributed by atoms with Gasteiger partial charge in [0.05, 0.1) is 27.8 Å². The molecule has 61 heavy (non-hydrogen) atoms. The van der Waals surface area contributed by atoms with Crippen LogP contribution in [0, 0.1) is 0 Å². The molecule has 7 aromatic carbocycles. The third-order valence-corrected chi connectivity index (χ3v) is 11.0.